The summed E-state index contributed by atoms with van der Waals surface area (Å²) in [6.45, 7) is 6.39. The van der Waals surface area contributed by atoms with Crippen LogP contribution in [0.5, 0.6) is 0 Å². The first-order chi connectivity index (χ1) is 13.0. The van der Waals surface area contributed by atoms with E-state index in [1.165, 1.54) is 11.9 Å². The molecule has 1 unspecified atom stereocenters. The lowest BCUT2D eigenvalue weighted by molar-refractivity contribution is -0.148. The van der Waals surface area contributed by atoms with Gasteiger partial charge < -0.3 is 10.1 Å². The van der Waals surface area contributed by atoms with Crippen LogP contribution in [0.15, 0.2) is 42.9 Å². The van der Waals surface area contributed by atoms with Crippen molar-refractivity contribution in [1.82, 2.24) is 14.5 Å². The third-order valence-corrected chi connectivity index (χ3v) is 4.62. The molecule has 3 rings (SSSR count). The first kappa shape index (κ1) is 18.9. The molecule has 0 spiro atoms. The fraction of sp³-hybridized carbons (Fsp3) is 0.381. The van der Waals surface area contributed by atoms with Crippen molar-refractivity contribution in [2.45, 2.75) is 39.8 Å². The number of nitrogens with zero attached hydrogens (tertiary/aromatic N) is 3. The zero-order chi connectivity index (χ0) is 19.4. The summed E-state index contributed by atoms with van der Waals surface area (Å²) in [5, 5.41) is 3.93. The summed E-state index contributed by atoms with van der Waals surface area (Å²) in [6.07, 6.45) is 4.38. The molecule has 0 bridgehead atoms. The highest BCUT2D eigenvalue weighted by atomic mass is 16.5. The quantitative estimate of drug-likeness (QED) is 0.641. The van der Waals surface area contributed by atoms with Gasteiger partial charge in [-0.15, -0.1) is 0 Å². The van der Waals surface area contributed by atoms with E-state index < -0.39 is 0 Å². The van der Waals surface area contributed by atoms with Crippen molar-refractivity contribution in [3.8, 4) is 0 Å². The maximum absolute atomic E-state index is 12.5. The molecule has 0 aliphatic carbocycles. The van der Waals surface area contributed by atoms with Gasteiger partial charge in [0.25, 0.3) is 0 Å². The molecule has 0 fully saturated rings. The van der Waals surface area contributed by atoms with Crippen LogP contribution < -0.4 is 5.32 Å². The van der Waals surface area contributed by atoms with E-state index in [2.05, 4.69) is 41.3 Å². The zero-order valence-corrected chi connectivity index (χ0v) is 16.3. The molecule has 2 aromatic heterocycles. The predicted molar refractivity (Wildman–Crippen MR) is 107 cm³/mol. The monoisotopic (exact) mass is 366 g/mol. The molecule has 2 heterocycles. The van der Waals surface area contributed by atoms with Gasteiger partial charge in [0.2, 0.25) is 0 Å². The van der Waals surface area contributed by atoms with E-state index in [1.807, 2.05) is 38.4 Å². The minimum atomic E-state index is -0.317. The fourth-order valence-electron chi connectivity index (χ4n) is 3.12. The molecule has 6 heteroatoms. The molecule has 6 nitrogen and oxygen atoms in total. The minimum Gasteiger partial charge on any atom is -0.443 e. The Morgan fingerprint density at radius 3 is 2.56 bits per heavy atom. The predicted octanol–water partition coefficient (Wildman–Crippen LogP) is 3.98. The molecule has 1 N–H and O–H groups in total. The maximum Gasteiger partial charge on any atom is 0.314 e. The summed E-state index contributed by atoms with van der Waals surface area (Å²) in [5.41, 5.74) is 2.98. The van der Waals surface area contributed by atoms with Crippen LogP contribution in [0, 0.1) is 5.92 Å². The van der Waals surface area contributed by atoms with Gasteiger partial charge in [-0.1, -0.05) is 38.1 Å². The Balaban J connectivity index is 1.65. The van der Waals surface area contributed by atoms with Crippen molar-refractivity contribution in [2.24, 2.45) is 5.92 Å². The molecule has 0 amide bonds. The Morgan fingerprint density at radius 2 is 1.89 bits per heavy atom. The third-order valence-electron chi connectivity index (χ3n) is 4.62. The van der Waals surface area contributed by atoms with Gasteiger partial charge in [-0.2, -0.15) is 0 Å². The molecule has 1 atom stereocenters. The average molecular weight is 366 g/mol. The molecule has 1 aromatic carbocycles. The largest absolute Gasteiger partial charge is 0.443 e. The summed E-state index contributed by atoms with van der Waals surface area (Å²) in [5.74, 6) is 0.792. The highest BCUT2D eigenvalue weighted by Crippen LogP contribution is 2.22. The second-order valence-corrected chi connectivity index (χ2v) is 7.15. The number of hydrogen-bond acceptors (Lipinski definition) is 5. The minimum absolute atomic E-state index is 0.123. The number of nitrogens with one attached hydrogen (secondary N) is 1. The van der Waals surface area contributed by atoms with E-state index in [-0.39, 0.29) is 18.6 Å². The van der Waals surface area contributed by atoms with E-state index in [9.17, 15) is 4.79 Å². The van der Waals surface area contributed by atoms with Crippen LogP contribution >= 0.6 is 0 Å². The van der Waals surface area contributed by atoms with Crippen LogP contribution in [0.4, 0.5) is 5.82 Å². The summed E-state index contributed by atoms with van der Waals surface area (Å²) in [6, 6.07) is 10.1. The molecule has 0 radical (unpaired) electrons. The summed E-state index contributed by atoms with van der Waals surface area (Å²) in [7, 11) is 1.81. The van der Waals surface area contributed by atoms with Crippen LogP contribution in [0.25, 0.3) is 11.0 Å². The van der Waals surface area contributed by atoms with Crippen molar-refractivity contribution in [3.63, 3.8) is 0 Å². The molecule has 3 aromatic rings. The fourth-order valence-corrected chi connectivity index (χ4v) is 3.12. The molecule has 142 valence electrons. The summed E-state index contributed by atoms with van der Waals surface area (Å²) in [4.78, 5) is 20.9. The number of fused-ring (bicyclic) bond motifs is 1. The van der Waals surface area contributed by atoms with Gasteiger partial charge >= 0.3 is 5.97 Å². The van der Waals surface area contributed by atoms with E-state index in [1.54, 1.807) is 4.57 Å². The third kappa shape index (κ3) is 4.27. The van der Waals surface area contributed by atoms with Crippen molar-refractivity contribution in [3.05, 3.63) is 54.0 Å². The number of aromatic nitrogens is 3. The Morgan fingerprint density at radius 1 is 1.15 bits per heavy atom. The second kappa shape index (κ2) is 8.20. The van der Waals surface area contributed by atoms with Gasteiger partial charge in [0.15, 0.2) is 6.73 Å². The lowest BCUT2D eigenvalue weighted by Gasteiger charge is -2.14. The van der Waals surface area contributed by atoms with Gasteiger partial charge in [-0.05, 0) is 36.5 Å². The Labute approximate surface area is 159 Å². The van der Waals surface area contributed by atoms with Gasteiger partial charge in [-0.25, -0.2) is 9.97 Å². The van der Waals surface area contributed by atoms with E-state index in [0.29, 0.717) is 5.92 Å². The number of carbonyl (C=O) groups is 1. The van der Waals surface area contributed by atoms with E-state index in [0.717, 1.165) is 28.8 Å². The second-order valence-electron chi connectivity index (χ2n) is 7.15. The number of ether oxygens (including phenoxy) is 1. The topological polar surface area (TPSA) is 69.0 Å². The van der Waals surface area contributed by atoms with E-state index in [4.69, 9.17) is 4.74 Å². The van der Waals surface area contributed by atoms with Crippen LogP contribution in [0.2, 0.25) is 0 Å². The van der Waals surface area contributed by atoms with Crippen LogP contribution in [0.1, 0.15) is 37.8 Å². The summed E-state index contributed by atoms with van der Waals surface area (Å²) >= 11 is 0. The number of benzene rings is 1. The number of hydrogen-bond donors (Lipinski definition) is 1. The highest BCUT2D eigenvalue weighted by molar-refractivity contribution is 5.87. The van der Waals surface area contributed by atoms with Crippen LogP contribution in [-0.2, 0) is 22.7 Å². The number of esters is 1. The van der Waals surface area contributed by atoms with Crippen molar-refractivity contribution >= 4 is 22.8 Å². The lowest BCUT2D eigenvalue weighted by atomic mass is 9.97. The standard InChI is InChI=1S/C21H26N4O2/c1-14(2)11-16-5-7-17(8-6-16)15(3)21(26)27-13-25-10-9-18-19(22-4)23-12-24-20(18)25/h5-10,12,14-15H,11,13H2,1-4H3,(H,22,23,24). The van der Waals surface area contributed by atoms with Gasteiger partial charge in [-0.3, -0.25) is 9.36 Å². The molecule has 27 heavy (non-hydrogen) atoms. The average Bonchev–Trinajstić information content (AvgIpc) is 3.09. The van der Waals surface area contributed by atoms with Gasteiger partial charge in [0.1, 0.15) is 17.8 Å². The highest BCUT2D eigenvalue weighted by Gasteiger charge is 2.17. The van der Waals surface area contributed by atoms with Crippen molar-refractivity contribution < 1.29 is 9.53 Å². The Bertz CT molecular complexity index is 916. The first-order valence-corrected chi connectivity index (χ1v) is 9.22. The molecule has 0 aliphatic heterocycles. The smallest absolute Gasteiger partial charge is 0.314 e. The maximum atomic E-state index is 12.5. The first-order valence-electron chi connectivity index (χ1n) is 9.22. The van der Waals surface area contributed by atoms with Gasteiger partial charge in [0, 0.05) is 13.2 Å². The lowest BCUT2D eigenvalue weighted by Crippen LogP contribution is -2.15. The number of carbonyl (C=O) groups excluding carboxylic acids is 1. The van der Waals surface area contributed by atoms with E-state index >= 15 is 0 Å². The van der Waals surface area contributed by atoms with Crippen LogP contribution in [-0.4, -0.2) is 27.6 Å². The Hall–Kier alpha value is -2.89. The zero-order valence-electron chi connectivity index (χ0n) is 16.3. The SMILES string of the molecule is CNc1ncnc2c1ccn2COC(=O)C(C)c1ccc(CC(C)C)cc1. The molecule has 0 aliphatic rings. The molecular weight excluding hydrogens is 340 g/mol. The molecule has 0 saturated carbocycles. The number of rotatable bonds is 7. The van der Waals surface area contributed by atoms with Crippen molar-refractivity contribution in [2.75, 3.05) is 12.4 Å². The van der Waals surface area contributed by atoms with Crippen LogP contribution in [0.3, 0.4) is 0 Å². The number of anilines is 1. The summed E-state index contributed by atoms with van der Waals surface area (Å²) < 4.78 is 7.32. The Kier molecular flexibility index (Phi) is 5.74. The molecular formula is C21H26N4O2. The normalized spacial score (nSPS) is 12.3. The molecule has 0 saturated heterocycles. The van der Waals surface area contributed by atoms with Crippen molar-refractivity contribution in [1.29, 1.82) is 0 Å². The van der Waals surface area contributed by atoms with Gasteiger partial charge in [0.05, 0.1) is 11.3 Å².